The third kappa shape index (κ3) is 6.06. The third-order valence-electron chi connectivity index (χ3n) is 4.58. The van der Waals surface area contributed by atoms with E-state index in [2.05, 4.69) is 19.8 Å². The number of amides is 1. The van der Waals surface area contributed by atoms with Crippen LogP contribution in [0.25, 0.3) is 0 Å². The molecule has 0 saturated heterocycles. The number of hydrogen-bond acceptors (Lipinski definition) is 6. The number of pyridine rings is 1. The molecule has 0 radical (unpaired) electrons. The molecule has 156 valence electrons. The molecule has 1 aromatic carbocycles. The van der Waals surface area contributed by atoms with Gasteiger partial charge in [-0.3, -0.25) is 5.32 Å². The predicted molar refractivity (Wildman–Crippen MR) is 109 cm³/mol. The summed E-state index contributed by atoms with van der Waals surface area (Å²) in [6.07, 6.45) is 3.68. The minimum atomic E-state index is -3.65. The Morgan fingerprint density at radius 3 is 2.38 bits per heavy atom. The van der Waals surface area contributed by atoms with Crippen LogP contribution in [-0.4, -0.2) is 38.8 Å². The number of nitrogens with one attached hydrogen (secondary N) is 2. The Labute approximate surface area is 174 Å². The standard InChI is InChI=1S/C19H22ClN3O5S/c1-27-19(24)22-14-5-9-17(10-6-14)29(25,26)23-15-3-7-16(8-4-15)28-18-11-2-13(20)12-21-18/h2,5-6,9-12,15-16,23H,3-4,7-8H2,1H3,(H,22,24). The molecule has 1 aliphatic carbocycles. The van der Waals surface area contributed by atoms with Crippen molar-refractivity contribution in [1.82, 2.24) is 9.71 Å². The van der Waals surface area contributed by atoms with Crippen molar-refractivity contribution in [2.45, 2.75) is 42.7 Å². The summed E-state index contributed by atoms with van der Waals surface area (Å²) in [4.78, 5) is 15.5. The number of sulfonamides is 1. The first kappa shape index (κ1) is 21.4. The number of rotatable bonds is 6. The zero-order chi connectivity index (χ0) is 20.9. The van der Waals surface area contributed by atoms with Crippen LogP contribution < -0.4 is 14.8 Å². The fourth-order valence-corrected chi connectivity index (χ4v) is 4.49. The number of hydrogen-bond donors (Lipinski definition) is 2. The molecular weight excluding hydrogens is 418 g/mol. The van der Waals surface area contributed by atoms with E-state index in [1.54, 1.807) is 12.1 Å². The van der Waals surface area contributed by atoms with Gasteiger partial charge < -0.3 is 9.47 Å². The second kappa shape index (κ2) is 9.43. The first-order valence-corrected chi connectivity index (χ1v) is 11.0. The quantitative estimate of drug-likeness (QED) is 0.712. The van der Waals surface area contributed by atoms with Crippen LogP contribution in [0.2, 0.25) is 5.02 Å². The number of carbonyl (C=O) groups is 1. The molecule has 2 N–H and O–H groups in total. The first-order chi connectivity index (χ1) is 13.9. The van der Waals surface area contributed by atoms with E-state index in [0.29, 0.717) is 29.4 Å². The molecule has 0 spiro atoms. The maximum atomic E-state index is 12.6. The van der Waals surface area contributed by atoms with Crippen LogP contribution in [0.3, 0.4) is 0 Å². The lowest BCUT2D eigenvalue weighted by Gasteiger charge is -2.29. The molecule has 8 nitrogen and oxygen atoms in total. The average Bonchev–Trinajstić information content (AvgIpc) is 2.71. The number of ether oxygens (including phenoxy) is 2. The van der Waals surface area contributed by atoms with Gasteiger partial charge in [-0.05, 0) is 56.0 Å². The van der Waals surface area contributed by atoms with E-state index in [9.17, 15) is 13.2 Å². The van der Waals surface area contributed by atoms with Crippen LogP contribution in [0, 0.1) is 0 Å². The van der Waals surface area contributed by atoms with Gasteiger partial charge in [0, 0.05) is 24.0 Å². The Bertz CT molecular complexity index is 927. The van der Waals surface area contributed by atoms with Gasteiger partial charge in [-0.2, -0.15) is 0 Å². The summed E-state index contributed by atoms with van der Waals surface area (Å²) in [6.45, 7) is 0. The topological polar surface area (TPSA) is 107 Å². The summed E-state index contributed by atoms with van der Waals surface area (Å²) in [5.41, 5.74) is 0.448. The van der Waals surface area contributed by atoms with Crippen LogP contribution in [0.4, 0.5) is 10.5 Å². The molecule has 1 fully saturated rings. The largest absolute Gasteiger partial charge is 0.474 e. The van der Waals surface area contributed by atoms with Gasteiger partial charge in [0.2, 0.25) is 15.9 Å². The van der Waals surface area contributed by atoms with Gasteiger partial charge in [0.1, 0.15) is 6.10 Å². The zero-order valence-corrected chi connectivity index (χ0v) is 17.4. The van der Waals surface area contributed by atoms with Crippen LogP contribution in [0.1, 0.15) is 25.7 Å². The van der Waals surface area contributed by atoms with Gasteiger partial charge in [-0.1, -0.05) is 11.6 Å². The molecule has 29 heavy (non-hydrogen) atoms. The maximum Gasteiger partial charge on any atom is 0.411 e. The highest BCUT2D eigenvalue weighted by Gasteiger charge is 2.27. The fourth-order valence-electron chi connectivity index (χ4n) is 3.08. The SMILES string of the molecule is COC(=O)Nc1ccc(S(=O)(=O)NC2CCC(Oc3ccc(Cl)cn3)CC2)cc1. The summed E-state index contributed by atoms with van der Waals surface area (Å²) in [7, 11) is -2.40. The van der Waals surface area contributed by atoms with Gasteiger partial charge >= 0.3 is 6.09 Å². The Morgan fingerprint density at radius 1 is 1.10 bits per heavy atom. The molecule has 0 aliphatic heterocycles. The highest BCUT2D eigenvalue weighted by molar-refractivity contribution is 7.89. The average molecular weight is 440 g/mol. The van der Waals surface area contributed by atoms with Crippen LogP contribution in [-0.2, 0) is 14.8 Å². The Hall–Kier alpha value is -2.36. The second-order valence-corrected chi connectivity index (χ2v) is 8.82. The minimum absolute atomic E-state index is 0.00638. The van der Waals surface area contributed by atoms with E-state index in [4.69, 9.17) is 16.3 Å². The summed E-state index contributed by atoms with van der Waals surface area (Å²) in [6, 6.07) is 9.17. The second-order valence-electron chi connectivity index (χ2n) is 6.67. The number of aromatic nitrogens is 1. The van der Waals surface area contributed by atoms with E-state index >= 15 is 0 Å². The van der Waals surface area contributed by atoms with Crippen molar-refractivity contribution >= 4 is 33.4 Å². The van der Waals surface area contributed by atoms with Crippen molar-refractivity contribution in [3.05, 3.63) is 47.6 Å². The van der Waals surface area contributed by atoms with Crippen molar-refractivity contribution < 1.29 is 22.7 Å². The molecule has 1 aromatic heterocycles. The number of anilines is 1. The Balaban J connectivity index is 1.52. The zero-order valence-electron chi connectivity index (χ0n) is 15.8. The molecule has 2 aromatic rings. The number of methoxy groups -OCH3 is 1. The van der Waals surface area contributed by atoms with Crippen LogP contribution in [0.5, 0.6) is 5.88 Å². The number of benzene rings is 1. The van der Waals surface area contributed by atoms with Gasteiger partial charge in [0.05, 0.1) is 17.0 Å². The van der Waals surface area contributed by atoms with Crippen LogP contribution in [0.15, 0.2) is 47.5 Å². The van der Waals surface area contributed by atoms with E-state index in [1.807, 2.05) is 0 Å². The molecule has 1 heterocycles. The molecule has 1 amide bonds. The highest BCUT2D eigenvalue weighted by atomic mass is 35.5. The summed E-state index contributed by atoms with van der Waals surface area (Å²) >= 11 is 5.82. The van der Waals surface area contributed by atoms with E-state index in [0.717, 1.165) is 12.8 Å². The first-order valence-electron chi connectivity index (χ1n) is 9.11. The van der Waals surface area contributed by atoms with Crippen molar-refractivity contribution in [2.75, 3.05) is 12.4 Å². The molecule has 3 rings (SSSR count). The van der Waals surface area contributed by atoms with Gasteiger partial charge in [0.25, 0.3) is 0 Å². The predicted octanol–water partition coefficient (Wildman–Crippen LogP) is 3.58. The van der Waals surface area contributed by atoms with Crippen molar-refractivity contribution in [2.24, 2.45) is 0 Å². The normalized spacial score (nSPS) is 19.4. The lowest BCUT2D eigenvalue weighted by atomic mass is 9.94. The molecule has 0 unspecified atom stereocenters. The minimum Gasteiger partial charge on any atom is -0.474 e. The van der Waals surface area contributed by atoms with Crippen molar-refractivity contribution in [3.63, 3.8) is 0 Å². The fraction of sp³-hybridized carbons (Fsp3) is 0.368. The molecule has 1 saturated carbocycles. The van der Waals surface area contributed by atoms with E-state index < -0.39 is 16.1 Å². The molecule has 0 bridgehead atoms. The Morgan fingerprint density at radius 2 is 1.79 bits per heavy atom. The number of halogens is 1. The molecule has 1 aliphatic rings. The monoisotopic (exact) mass is 439 g/mol. The lowest BCUT2D eigenvalue weighted by molar-refractivity contribution is 0.138. The lowest BCUT2D eigenvalue weighted by Crippen LogP contribution is -2.39. The maximum absolute atomic E-state index is 12.6. The Kier molecular flexibility index (Phi) is 6.94. The van der Waals surface area contributed by atoms with Gasteiger partial charge in [-0.15, -0.1) is 0 Å². The van der Waals surface area contributed by atoms with Crippen LogP contribution >= 0.6 is 11.6 Å². The third-order valence-corrected chi connectivity index (χ3v) is 6.34. The summed E-state index contributed by atoms with van der Waals surface area (Å²) in [5, 5.41) is 3.02. The molecular formula is C19H22ClN3O5S. The van der Waals surface area contributed by atoms with Gasteiger partial charge in [0.15, 0.2) is 0 Å². The van der Waals surface area contributed by atoms with Crippen molar-refractivity contribution in [1.29, 1.82) is 0 Å². The summed E-state index contributed by atoms with van der Waals surface area (Å²) in [5.74, 6) is 0.513. The van der Waals surface area contributed by atoms with Crippen molar-refractivity contribution in [3.8, 4) is 5.88 Å². The number of nitrogens with zero attached hydrogens (tertiary/aromatic N) is 1. The number of carbonyl (C=O) groups excluding carboxylic acids is 1. The molecule has 0 atom stereocenters. The molecule has 10 heteroatoms. The smallest absolute Gasteiger partial charge is 0.411 e. The highest BCUT2D eigenvalue weighted by Crippen LogP contribution is 2.25. The summed E-state index contributed by atoms with van der Waals surface area (Å²) < 4.78 is 38.3. The van der Waals surface area contributed by atoms with Gasteiger partial charge in [-0.25, -0.2) is 22.9 Å². The van der Waals surface area contributed by atoms with E-state index in [-0.39, 0.29) is 17.0 Å². The van der Waals surface area contributed by atoms with E-state index in [1.165, 1.54) is 37.6 Å².